The first-order chi connectivity index (χ1) is 15.6. The highest BCUT2D eigenvalue weighted by molar-refractivity contribution is 14.1. The largest absolute Gasteiger partial charge is 0.493 e. The molecule has 8 heteroatoms. The predicted octanol–water partition coefficient (Wildman–Crippen LogP) is 6.79. The SMILES string of the molecule is CCOC(=O)c1cc(OCCCCCCI)c(C(=O)OCC)cc1OCCCCCCI. The molecule has 0 unspecified atom stereocenters. The molecule has 0 amide bonds. The number of rotatable bonds is 18. The smallest absolute Gasteiger partial charge is 0.342 e. The summed E-state index contributed by atoms with van der Waals surface area (Å²) in [5.41, 5.74) is 0.541. The predicted molar refractivity (Wildman–Crippen MR) is 144 cm³/mol. The maximum Gasteiger partial charge on any atom is 0.342 e. The Labute approximate surface area is 219 Å². The quantitative estimate of drug-likeness (QED) is 0.0740. The molecule has 0 atom stereocenters. The molecule has 0 heterocycles. The summed E-state index contributed by atoms with van der Waals surface area (Å²) in [5, 5.41) is 0. The third-order valence-corrected chi connectivity index (χ3v) is 6.17. The van der Waals surface area contributed by atoms with Crippen molar-refractivity contribution in [1.29, 1.82) is 0 Å². The zero-order valence-electron chi connectivity index (χ0n) is 19.3. The lowest BCUT2D eigenvalue weighted by molar-refractivity contribution is 0.0503. The molecule has 0 saturated heterocycles. The summed E-state index contributed by atoms with van der Waals surface area (Å²) in [6.07, 6.45) is 8.54. The van der Waals surface area contributed by atoms with E-state index in [9.17, 15) is 9.59 Å². The van der Waals surface area contributed by atoms with E-state index in [4.69, 9.17) is 18.9 Å². The van der Waals surface area contributed by atoms with E-state index < -0.39 is 11.9 Å². The first-order valence-electron chi connectivity index (χ1n) is 11.5. The van der Waals surface area contributed by atoms with Crippen molar-refractivity contribution in [3.8, 4) is 11.5 Å². The van der Waals surface area contributed by atoms with Crippen LogP contribution in [0.25, 0.3) is 0 Å². The second-order valence-electron chi connectivity index (χ2n) is 7.19. The van der Waals surface area contributed by atoms with Crippen LogP contribution >= 0.6 is 45.2 Å². The number of esters is 2. The summed E-state index contributed by atoms with van der Waals surface area (Å²) in [4.78, 5) is 25.1. The molecule has 182 valence electrons. The summed E-state index contributed by atoms with van der Waals surface area (Å²) in [7, 11) is 0. The number of carbonyl (C=O) groups is 2. The first kappa shape index (κ1) is 29.3. The monoisotopic (exact) mass is 674 g/mol. The minimum absolute atomic E-state index is 0.251. The molecule has 0 saturated carbocycles. The first-order valence-corrected chi connectivity index (χ1v) is 14.5. The molecule has 0 radical (unpaired) electrons. The number of alkyl halides is 2. The second kappa shape index (κ2) is 18.6. The van der Waals surface area contributed by atoms with Crippen molar-refractivity contribution in [2.75, 3.05) is 35.3 Å². The molecule has 0 fully saturated rings. The van der Waals surface area contributed by atoms with E-state index in [0.29, 0.717) is 24.7 Å². The van der Waals surface area contributed by atoms with E-state index in [0.717, 1.165) is 47.4 Å². The number of halogens is 2. The molecule has 1 aromatic rings. The molecule has 0 aliphatic carbocycles. The van der Waals surface area contributed by atoms with E-state index in [-0.39, 0.29) is 24.3 Å². The normalized spacial score (nSPS) is 10.6. The van der Waals surface area contributed by atoms with Gasteiger partial charge in [0.15, 0.2) is 0 Å². The van der Waals surface area contributed by atoms with Crippen molar-refractivity contribution >= 4 is 57.1 Å². The van der Waals surface area contributed by atoms with Crippen LogP contribution in [0.5, 0.6) is 11.5 Å². The summed E-state index contributed by atoms with van der Waals surface area (Å²) in [6.45, 7) is 4.94. The molecule has 6 nitrogen and oxygen atoms in total. The van der Waals surface area contributed by atoms with Gasteiger partial charge >= 0.3 is 11.9 Å². The average molecular weight is 674 g/mol. The van der Waals surface area contributed by atoms with Crippen LogP contribution in [0.15, 0.2) is 12.1 Å². The third kappa shape index (κ3) is 11.4. The minimum atomic E-state index is -0.491. The lowest BCUT2D eigenvalue weighted by Crippen LogP contribution is -2.14. The van der Waals surface area contributed by atoms with Gasteiger partial charge in [-0.2, -0.15) is 0 Å². The van der Waals surface area contributed by atoms with Crippen LogP contribution in [0.2, 0.25) is 0 Å². The standard InChI is InChI=1S/C24H36I2O6/c1-3-29-23(27)19-17-22(32-16-12-8-6-10-14-26)20(24(28)30-4-2)18-21(19)31-15-11-7-5-9-13-25/h17-18H,3-16H2,1-2H3. The van der Waals surface area contributed by atoms with Gasteiger partial charge in [-0.25, -0.2) is 9.59 Å². The highest BCUT2D eigenvalue weighted by Gasteiger charge is 2.23. The lowest BCUT2D eigenvalue weighted by atomic mass is 10.1. The van der Waals surface area contributed by atoms with Crippen LogP contribution in [0.3, 0.4) is 0 Å². The van der Waals surface area contributed by atoms with E-state index in [1.807, 2.05) is 0 Å². The summed E-state index contributed by atoms with van der Waals surface area (Å²) < 4.78 is 24.5. The van der Waals surface area contributed by atoms with Gasteiger partial charge < -0.3 is 18.9 Å². The molecule has 32 heavy (non-hydrogen) atoms. The highest BCUT2D eigenvalue weighted by Crippen LogP contribution is 2.31. The fourth-order valence-electron chi connectivity index (χ4n) is 3.00. The Kier molecular flexibility index (Phi) is 17.0. The fourth-order valence-corrected chi connectivity index (χ4v) is 4.08. The van der Waals surface area contributed by atoms with Crippen LogP contribution in [0.1, 0.15) is 85.9 Å². The molecule has 0 spiro atoms. The van der Waals surface area contributed by atoms with Crippen LogP contribution < -0.4 is 9.47 Å². The van der Waals surface area contributed by atoms with Gasteiger partial charge in [0, 0.05) is 0 Å². The van der Waals surface area contributed by atoms with Gasteiger partial charge in [-0.15, -0.1) is 0 Å². The third-order valence-electron chi connectivity index (χ3n) is 4.64. The minimum Gasteiger partial charge on any atom is -0.493 e. The van der Waals surface area contributed by atoms with Crippen LogP contribution in [-0.4, -0.2) is 47.2 Å². The van der Waals surface area contributed by atoms with E-state index >= 15 is 0 Å². The van der Waals surface area contributed by atoms with E-state index in [1.54, 1.807) is 26.0 Å². The molecule has 0 N–H and O–H groups in total. The Morgan fingerprint density at radius 1 is 0.656 bits per heavy atom. The van der Waals surface area contributed by atoms with Crippen molar-refractivity contribution in [3.05, 3.63) is 23.3 Å². The average Bonchev–Trinajstić information content (AvgIpc) is 2.78. The Hall–Kier alpha value is -0.780. The Balaban J connectivity index is 3.02. The van der Waals surface area contributed by atoms with E-state index in [1.165, 1.54) is 12.8 Å². The van der Waals surface area contributed by atoms with Crippen molar-refractivity contribution in [2.24, 2.45) is 0 Å². The topological polar surface area (TPSA) is 71.1 Å². The lowest BCUT2D eigenvalue weighted by Gasteiger charge is -2.16. The molecule has 0 aliphatic rings. The van der Waals surface area contributed by atoms with Gasteiger partial charge in [0.1, 0.15) is 22.6 Å². The van der Waals surface area contributed by atoms with Gasteiger partial charge in [0.05, 0.1) is 26.4 Å². The molecule has 0 bridgehead atoms. The maximum atomic E-state index is 12.6. The van der Waals surface area contributed by atoms with Gasteiger partial charge in [-0.05, 0) is 60.5 Å². The second-order valence-corrected chi connectivity index (χ2v) is 9.35. The van der Waals surface area contributed by atoms with Gasteiger partial charge in [-0.1, -0.05) is 70.9 Å². The molecule has 1 rings (SSSR count). The summed E-state index contributed by atoms with van der Waals surface area (Å²) in [6, 6.07) is 3.11. The van der Waals surface area contributed by atoms with Crippen LogP contribution in [0, 0.1) is 0 Å². The number of hydrogen-bond donors (Lipinski definition) is 0. The summed E-state index contributed by atoms with van der Waals surface area (Å²) in [5.74, 6) is -0.325. The summed E-state index contributed by atoms with van der Waals surface area (Å²) >= 11 is 4.75. The number of ether oxygens (including phenoxy) is 4. The molecular formula is C24H36I2O6. The van der Waals surface area contributed by atoms with E-state index in [2.05, 4.69) is 45.2 Å². The zero-order valence-corrected chi connectivity index (χ0v) is 23.6. The number of hydrogen-bond acceptors (Lipinski definition) is 6. The zero-order chi connectivity index (χ0) is 23.6. The fraction of sp³-hybridized carbons (Fsp3) is 0.667. The Bertz CT molecular complexity index is 623. The highest BCUT2D eigenvalue weighted by atomic mass is 127. The number of benzene rings is 1. The Morgan fingerprint density at radius 3 is 1.38 bits per heavy atom. The van der Waals surface area contributed by atoms with Gasteiger partial charge in [-0.3, -0.25) is 0 Å². The van der Waals surface area contributed by atoms with Crippen molar-refractivity contribution < 1.29 is 28.5 Å². The number of carbonyl (C=O) groups excluding carboxylic acids is 2. The molecule has 0 aromatic heterocycles. The molecule has 0 aliphatic heterocycles. The van der Waals surface area contributed by atoms with Crippen molar-refractivity contribution in [1.82, 2.24) is 0 Å². The van der Waals surface area contributed by atoms with Crippen LogP contribution in [0.4, 0.5) is 0 Å². The van der Waals surface area contributed by atoms with Crippen molar-refractivity contribution in [3.63, 3.8) is 0 Å². The Morgan fingerprint density at radius 2 is 1.03 bits per heavy atom. The number of unbranched alkanes of at least 4 members (excludes halogenated alkanes) is 6. The molecule has 1 aromatic carbocycles. The molecular weight excluding hydrogens is 638 g/mol. The maximum absolute atomic E-state index is 12.6. The van der Waals surface area contributed by atoms with Gasteiger partial charge in [0.2, 0.25) is 0 Å². The van der Waals surface area contributed by atoms with Crippen LogP contribution in [-0.2, 0) is 9.47 Å². The van der Waals surface area contributed by atoms with Gasteiger partial charge in [0.25, 0.3) is 0 Å². The van der Waals surface area contributed by atoms with Crippen molar-refractivity contribution in [2.45, 2.75) is 65.2 Å².